The molecular formula is C10H18Ge. The van der Waals surface area contributed by atoms with Crippen LogP contribution in [0.2, 0.25) is 10.5 Å². The standard InChI is InChI=1S/C10H18Ge/c1-4-10-8-7-9-11(10,5-2)6-3/h7-9H,4-6H2,1-3H3. The summed E-state index contributed by atoms with van der Waals surface area (Å²) in [4.78, 5) is 2.55. The van der Waals surface area contributed by atoms with E-state index in [-0.39, 0.29) is 0 Å². The molecule has 0 fully saturated rings. The summed E-state index contributed by atoms with van der Waals surface area (Å²) in [6.07, 6.45) is 5.95. The van der Waals surface area contributed by atoms with Crippen LogP contribution in [-0.4, -0.2) is 13.3 Å². The Labute approximate surface area is 72.7 Å². The number of hydrogen-bond acceptors (Lipinski definition) is 0. The molecule has 0 aliphatic carbocycles. The summed E-state index contributed by atoms with van der Waals surface area (Å²) in [7, 11) is 0. The van der Waals surface area contributed by atoms with Gasteiger partial charge in [0.1, 0.15) is 0 Å². The van der Waals surface area contributed by atoms with Crippen molar-refractivity contribution in [2.45, 2.75) is 37.7 Å². The van der Waals surface area contributed by atoms with Crippen molar-refractivity contribution < 1.29 is 0 Å². The molecule has 0 aromatic carbocycles. The van der Waals surface area contributed by atoms with Crippen molar-refractivity contribution in [3.8, 4) is 0 Å². The molecular weight excluding hydrogens is 193 g/mol. The van der Waals surface area contributed by atoms with Crippen LogP contribution in [0.3, 0.4) is 0 Å². The second kappa shape index (κ2) is 3.62. The molecule has 62 valence electrons. The second-order valence-corrected chi connectivity index (χ2v) is 13.1. The zero-order chi connectivity index (χ0) is 8.32. The van der Waals surface area contributed by atoms with E-state index in [4.69, 9.17) is 0 Å². The maximum absolute atomic E-state index is 2.55. The topological polar surface area (TPSA) is 0 Å². The van der Waals surface area contributed by atoms with Gasteiger partial charge in [-0.25, -0.2) is 0 Å². The fraction of sp³-hybridized carbons (Fsp3) is 0.600. The Balaban J connectivity index is 2.83. The molecule has 0 N–H and O–H groups in total. The van der Waals surface area contributed by atoms with Gasteiger partial charge in [-0.1, -0.05) is 0 Å². The van der Waals surface area contributed by atoms with Gasteiger partial charge in [-0.15, -0.1) is 0 Å². The predicted octanol–water partition coefficient (Wildman–Crippen LogP) is 3.46. The van der Waals surface area contributed by atoms with Crippen LogP contribution in [0.4, 0.5) is 0 Å². The normalized spacial score (nSPS) is 20.5. The summed E-state index contributed by atoms with van der Waals surface area (Å²) < 4.78 is 1.80. The molecule has 0 nitrogen and oxygen atoms in total. The van der Waals surface area contributed by atoms with Gasteiger partial charge in [0.05, 0.1) is 0 Å². The van der Waals surface area contributed by atoms with Crippen molar-refractivity contribution in [3.05, 3.63) is 21.5 Å². The van der Waals surface area contributed by atoms with Gasteiger partial charge >= 0.3 is 72.4 Å². The first kappa shape index (κ1) is 9.11. The van der Waals surface area contributed by atoms with Crippen molar-refractivity contribution in [2.24, 2.45) is 0 Å². The van der Waals surface area contributed by atoms with E-state index >= 15 is 0 Å². The molecule has 0 unspecified atom stereocenters. The van der Waals surface area contributed by atoms with Crippen LogP contribution in [0.25, 0.3) is 0 Å². The Morgan fingerprint density at radius 1 is 1.18 bits per heavy atom. The van der Waals surface area contributed by atoms with Gasteiger partial charge in [0, 0.05) is 0 Å². The summed E-state index contributed by atoms with van der Waals surface area (Å²) in [5, 5.41) is 2.87. The molecule has 0 aromatic heterocycles. The summed E-state index contributed by atoms with van der Waals surface area (Å²) in [6, 6.07) is 0. The van der Waals surface area contributed by atoms with Gasteiger partial charge in [0.2, 0.25) is 0 Å². The SMILES string of the molecule is CC[C]1=CC=[CH][Ge]1([CH2]C)[CH2]C. The van der Waals surface area contributed by atoms with Gasteiger partial charge in [0.15, 0.2) is 0 Å². The van der Waals surface area contributed by atoms with Crippen molar-refractivity contribution in [1.82, 2.24) is 0 Å². The van der Waals surface area contributed by atoms with Crippen LogP contribution < -0.4 is 0 Å². The van der Waals surface area contributed by atoms with E-state index in [1.54, 1.807) is 4.41 Å². The third kappa shape index (κ3) is 1.46. The Morgan fingerprint density at radius 2 is 1.82 bits per heavy atom. The molecule has 0 aromatic rings. The van der Waals surface area contributed by atoms with Gasteiger partial charge in [-0.2, -0.15) is 0 Å². The van der Waals surface area contributed by atoms with Crippen molar-refractivity contribution >= 4 is 13.3 Å². The molecule has 0 amide bonds. The molecule has 11 heavy (non-hydrogen) atoms. The van der Waals surface area contributed by atoms with E-state index in [1.165, 1.54) is 16.9 Å². The van der Waals surface area contributed by atoms with E-state index < -0.39 is 13.3 Å². The zero-order valence-corrected chi connectivity index (χ0v) is 9.95. The first-order valence-corrected chi connectivity index (χ1v) is 9.90. The molecule has 1 aliphatic heterocycles. The van der Waals surface area contributed by atoms with Crippen LogP contribution >= 0.6 is 0 Å². The van der Waals surface area contributed by atoms with E-state index in [2.05, 4.69) is 37.8 Å². The quantitative estimate of drug-likeness (QED) is 0.626. The molecule has 1 heteroatoms. The van der Waals surface area contributed by atoms with E-state index in [0.717, 1.165) is 0 Å². The Bertz CT molecular complexity index is 185. The Kier molecular flexibility index (Phi) is 3.00. The van der Waals surface area contributed by atoms with Crippen molar-refractivity contribution in [2.75, 3.05) is 0 Å². The van der Waals surface area contributed by atoms with Crippen molar-refractivity contribution in [3.63, 3.8) is 0 Å². The molecule has 0 saturated carbocycles. The van der Waals surface area contributed by atoms with Gasteiger partial charge < -0.3 is 0 Å². The third-order valence-electron chi connectivity index (χ3n) is 2.99. The Morgan fingerprint density at radius 3 is 2.18 bits per heavy atom. The monoisotopic (exact) mass is 212 g/mol. The second-order valence-electron chi connectivity index (χ2n) is 3.27. The fourth-order valence-corrected chi connectivity index (χ4v) is 9.77. The van der Waals surface area contributed by atoms with E-state index in [0.29, 0.717) is 0 Å². The Hall–Kier alpha value is 0.0229. The number of hydrogen-bond donors (Lipinski definition) is 0. The fourth-order valence-electron chi connectivity index (χ4n) is 2.03. The number of rotatable bonds is 3. The van der Waals surface area contributed by atoms with Crippen LogP contribution in [0.5, 0.6) is 0 Å². The average Bonchev–Trinajstić information content (AvgIpc) is 2.47. The van der Waals surface area contributed by atoms with Crippen LogP contribution in [0.1, 0.15) is 27.2 Å². The molecule has 1 aliphatic rings. The third-order valence-corrected chi connectivity index (χ3v) is 13.8. The first-order valence-electron chi connectivity index (χ1n) is 4.68. The summed E-state index contributed by atoms with van der Waals surface area (Å²) in [5.74, 6) is 0. The minimum atomic E-state index is -1.54. The predicted molar refractivity (Wildman–Crippen MR) is 54.2 cm³/mol. The molecule has 1 rings (SSSR count). The molecule has 0 radical (unpaired) electrons. The van der Waals surface area contributed by atoms with Crippen molar-refractivity contribution in [1.29, 1.82) is 0 Å². The minimum absolute atomic E-state index is 1.29. The molecule has 1 heterocycles. The van der Waals surface area contributed by atoms with Gasteiger partial charge in [0.25, 0.3) is 0 Å². The molecule has 0 bridgehead atoms. The molecule has 0 spiro atoms. The molecule has 0 saturated heterocycles. The van der Waals surface area contributed by atoms with Crippen LogP contribution in [0, 0.1) is 0 Å². The van der Waals surface area contributed by atoms with Crippen LogP contribution in [-0.2, 0) is 0 Å². The maximum atomic E-state index is 2.55. The van der Waals surface area contributed by atoms with Crippen LogP contribution in [0.15, 0.2) is 21.5 Å². The number of allylic oxidation sites excluding steroid dienone is 3. The first-order chi connectivity index (χ1) is 5.29. The van der Waals surface area contributed by atoms with Gasteiger partial charge in [-0.05, 0) is 0 Å². The average molecular weight is 211 g/mol. The summed E-state index contributed by atoms with van der Waals surface area (Å²) >= 11 is -1.54. The molecule has 0 atom stereocenters. The van der Waals surface area contributed by atoms with E-state index in [9.17, 15) is 0 Å². The summed E-state index contributed by atoms with van der Waals surface area (Å²) in [5.41, 5.74) is 0. The van der Waals surface area contributed by atoms with E-state index in [1.807, 2.05) is 0 Å². The zero-order valence-electron chi connectivity index (χ0n) is 7.85. The van der Waals surface area contributed by atoms with Gasteiger partial charge in [-0.3, -0.25) is 0 Å². The summed E-state index contributed by atoms with van der Waals surface area (Å²) in [6.45, 7) is 7.02.